The Bertz CT molecular complexity index is 611. The van der Waals surface area contributed by atoms with Gasteiger partial charge in [0.15, 0.2) is 0 Å². The zero-order valence-corrected chi connectivity index (χ0v) is 14.7. The van der Waals surface area contributed by atoms with Crippen molar-refractivity contribution in [1.82, 2.24) is 5.32 Å². The maximum Gasteiger partial charge on any atom is 0.124 e. The maximum atomic E-state index is 6.10. The number of rotatable bonds is 8. The van der Waals surface area contributed by atoms with Gasteiger partial charge in [-0.25, -0.2) is 0 Å². The number of benzene rings is 2. The largest absolute Gasteiger partial charge is 0.497 e. The number of ether oxygens (including phenoxy) is 2. The van der Waals surface area contributed by atoms with Gasteiger partial charge in [-0.05, 0) is 62.7 Å². The number of halogens is 1. The maximum absolute atomic E-state index is 6.10. The molecule has 0 amide bonds. The van der Waals surface area contributed by atoms with Gasteiger partial charge in [0.05, 0.1) is 13.2 Å². The Balaban J connectivity index is 1.86. The summed E-state index contributed by atoms with van der Waals surface area (Å²) in [5, 5.41) is 4.18. The summed E-state index contributed by atoms with van der Waals surface area (Å²) in [6, 6.07) is 13.9. The van der Waals surface area contributed by atoms with Gasteiger partial charge in [0.1, 0.15) is 11.5 Å². The summed E-state index contributed by atoms with van der Waals surface area (Å²) in [6.07, 6.45) is 1.11. The molecule has 0 bridgehead atoms. The second-order valence-electron chi connectivity index (χ2n) is 5.69. The van der Waals surface area contributed by atoms with Crippen molar-refractivity contribution in [1.29, 1.82) is 0 Å². The minimum absolute atomic E-state index is 0.147. The Hall–Kier alpha value is -1.71. The van der Waals surface area contributed by atoms with Gasteiger partial charge in [-0.3, -0.25) is 0 Å². The van der Waals surface area contributed by atoms with E-state index in [0.29, 0.717) is 0 Å². The van der Waals surface area contributed by atoms with Crippen molar-refractivity contribution in [3.63, 3.8) is 0 Å². The fourth-order valence-corrected chi connectivity index (χ4v) is 2.50. The van der Waals surface area contributed by atoms with Crippen LogP contribution in [0.15, 0.2) is 42.5 Å². The van der Waals surface area contributed by atoms with Crippen molar-refractivity contribution in [3.8, 4) is 11.5 Å². The fourth-order valence-electron chi connectivity index (χ4n) is 2.30. The van der Waals surface area contributed by atoms with Gasteiger partial charge in [-0.15, -0.1) is 0 Å². The molecule has 0 fully saturated rings. The van der Waals surface area contributed by atoms with Gasteiger partial charge in [-0.2, -0.15) is 0 Å². The second-order valence-corrected chi connectivity index (χ2v) is 6.13. The van der Waals surface area contributed by atoms with Crippen molar-refractivity contribution < 1.29 is 9.47 Å². The van der Waals surface area contributed by atoms with Crippen molar-refractivity contribution >= 4 is 11.6 Å². The number of nitrogens with one attached hydrogen (secondary N) is 1. The molecule has 0 spiro atoms. The fraction of sp³-hybridized carbons (Fsp3) is 0.368. The molecule has 2 aromatic rings. The number of hydrogen-bond donors (Lipinski definition) is 1. The highest BCUT2D eigenvalue weighted by Gasteiger charge is 2.06. The van der Waals surface area contributed by atoms with Crippen molar-refractivity contribution in [2.75, 3.05) is 13.7 Å². The van der Waals surface area contributed by atoms with Crippen LogP contribution >= 0.6 is 11.6 Å². The lowest BCUT2D eigenvalue weighted by Gasteiger charge is -2.15. The summed E-state index contributed by atoms with van der Waals surface area (Å²) in [5.41, 5.74) is 2.36. The van der Waals surface area contributed by atoms with Crippen LogP contribution in [0.2, 0.25) is 5.02 Å². The van der Waals surface area contributed by atoms with Crippen molar-refractivity contribution in [2.24, 2.45) is 0 Å². The van der Waals surface area contributed by atoms with E-state index < -0.39 is 0 Å². The Morgan fingerprint density at radius 1 is 1.09 bits per heavy atom. The zero-order valence-electron chi connectivity index (χ0n) is 13.9. The lowest BCUT2D eigenvalue weighted by molar-refractivity contribution is 0.239. The highest BCUT2D eigenvalue weighted by Crippen LogP contribution is 2.23. The molecule has 0 saturated carbocycles. The van der Waals surface area contributed by atoms with Crippen LogP contribution in [0.4, 0.5) is 0 Å². The predicted molar refractivity (Wildman–Crippen MR) is 95.6 cm³/mol. The third kappa shape index (κ3) is 5.77. The van der Waals surface area contributed by atoms with Crippen LogP contribution < -0.4 is 14.8 Å². The molecule has 4 heteroatoms. The van der Waals surface area contributed by atoms with Crippen LogP contribution in [0.3, 0.4) is 0 Å². The summed E-state index contributed by atoms with van der Waals surface area (Å²) in [7, 11) is 1.68. The van der Waals surface area contributed by atoms with Crippen molar-refractivity contribution in [2.45, 2.75) is 32.9 Å². The molecule has 23 heavy (non-hydrogen) atoms. The monoisotopic (exact) mass is 333 g/mol. The Morgan fingerprint density at radius 3 is 2.48 bits per heavy atom. The lowest BCUT2D eigenvalue weighted by atomic mass is 10.1. The Morgan fingerprint density at radius 2 is 1.83 bits per heavy atom. The molecule has 0 aromatic heterocycles. The normalized spacial score (nSPS) is 10.8. The molecule has 0 unspecified atom stereocenters. The summed E-state index contributed by atoms with van der Waals surface area (Å²) in [6.45, 7) is 5.67. The minimum Gasteiger partial charge on any atom is -0.497 e. The topological polar surface area (TPSA) is 30.5 Å². The van der Waals surface area contributed by atoms with E-state index in [1.165, 1.54) is 5.56 Å². The van der Waals surface area contributed by atoms with Crippen LogP contribution in [0.1, 0.15) is 25.0 Å². The van der Waals surface area contributed by atoms with Gasteiger partial charge in [-0.1, -0.05) is 23.7 Å². The molecule has 0 aliphatic heterocycles. The molecule has 0 aliphatic rings. The summed E-state index contributed by atoms with van der Waals surface area (Å²) in [5.74, 6) is 1.78. The summed E-state index contributed by atoms with van der Waals surface area (Å²) < 4.78 is 11.0. The molecule has 3 nitrogen and oxygen atoms in total. The van der Waals surface area contributed by atoms with Crippen molar-refractivity contribution in [3.05, 3.63) is 58.6 Å². The quantitative estimate of drug-likeness (QED) is 0.723. The molecule has 2 rings (SSSR count). The Kier molecular flexibility index (Phi) is 6.75. The standard InChI is InChI=1S/C19H24ClNO2/c1-14(2)23-19-9-6-17(20)12-16(19)13-21-11-10-15-4-7-18(22-3)8-5-15/h4-9,12,14,21H,10-11,13H2,1-3H3. The molecular formula is C19H24ClNO2. The molecular weight excluding hydrogens is 310 g/mol. The first kappa shape index (κ1) is 17.6. The third-order valence-electron chi connectivity index (χ3n) is 3.45. The number of methoxy groups -OCH3 is 1. The van der Waals surface area contributed by atoms with Gasteiger partial charge < -0.3 is 14.8 Å². The van der Waals surface area contributed by atoms with Crippen LogP contribution in [0.5, 0.6) is 11.5 Å². The van der Waals surface area contributed by atoms with E-state index in [4.69, 9.17) is 21.1 Å². The zero-order chi connectivity index (χ0) is 16.7. The Labute approximate surface area is 143 Å². The SMILES string of the molecule is COc1ccc(CCNCc2cc(Cl)ccc2OC(C)C)cc1. The molecule has 124 valence electrons. The molecule has 1 N–H and O–H groups in total. The molecule has 0 aliphatic carbocycles. The highest BCUT2D eigenvalue weighted by atomic mass is 35.5. The summed E-state index contributed by atoms with van der Waals surface area (Å²) >= 11 is 6.10. The van der Waals surface area contributed by atoms with Gasteiger partial charge in [0, 0.05) is 17.1 Å². The first-order valence-corrected chi connectivity index (χ1v) is 8.25. The van der Waals surface area contributed by atoms with Crippen LogP contribution in [-0.2, 0) is 13.0 Å². The molecule has 0 saturated heterocycles. The summed E-state index contributed by atoms with van der Waals surface area (Å²) in [4.78, 5) is 0. The van der Waals surface area contributed by atoms with E-state index >= 15 is 0 Å². The number of hydrogen-bond acceptors (Lipinski definition) is 3. The van der Waals surface area contributed by atoms with E-state index in [9.17, 15) is 0 Å². The van der Waals surface area contributed by atoms with E-state index in [1.807, 2.05) is 44.2 Å². The molecule has 0 heterocycles. The average molecular weight is 334 g/mol. The molecule has 2 aromatic carbocycles. The first-order valence-electron chi connectivity index (χ1n) is 7.87. The average Bonchev–Trinajstić information content (AvgIpc) is 2.54. The third-order valence-corrected chi connectivity index (χ3v) is 3.69. The molecule has 0 radical (unpaired) electrons. The van der Waals surface area contributed by atoms with Crippen LogP contribution in [-0.4, -0.2) is 19.8 Å². The van der Waals surface area contributed by atoms with Gasteiger partial charge in [0.25, 0.3) is 0 Å². The lowest BCUT2D eigenvalue weighted by Crippen LogP contribution is -2.18. The van der Waals surface area contributed by atoms with Gasteiger partial charge in [0.2, 0.25) is 0 Å². The van der Waals surface area contributed by atoms with E-state index in [-0.39, 0.29) is 6.10 Å². The van der Waals surface area contributed by atoms with Crippen LogP contribution in [0.25, 0.3) is 0 Å². The second kappa shape index (κ2) is 8.80. The minimum atomic E-state index is 0.147. The van der Waals surface area contributed by atoms with Gasteiger partial charge >= 0.3 is 0 Å². The smallest absolute Gasteiger partial charge is 0.124 e. The molecule has 0 atom stereocenters. The first-order chi connectivity index (χ1) is 11.1. The van der Waals surface area contributed by atoms with E-state index in [0.717, 1.165) is 41.6 Å². The van der Waals surface area contributed by atoms with Crippen LogP contribution in [0, 0.1) is 0 Å². The van der Waals surface area contributed by atoms with E-state index in [1.54, 1.807) is 7.11 Å². The van der Waals surface area contributed by atoms with E-state index in [2.05, 4.69) is 17.4 Å². The highest BCUT2D eigenvalue weighted by molar-refractivity contribution is 6.30. The predicted octanol–water partition coefficient (Wildman–Crippen LogP) is 4.47.